The first-order valence-electron chi connectivity index (χ1n) is 4.71. The van der Waals surface area contributed by atoms with Crippen molar-refractivity contribution in [1.82, 2.24) is 0 Å². The van der Waals surface area contributed by atoms with Crippen LogP contribution in [0.1, 0.15) is 13.3 Å². The van der Waals surface area contributed by atoms with Crippen molar-refractivity contribution in [3.8, 4) is 0 Å². The van der Waals surface area contributed by atoms with E-state index in [4.69, 9.17) is 0 Å². The van der Waals surface area contributed by atoms with Crippen molar-refractivity contribution >= 4 is 11.7 Å². The third kappa shape index (κ3) is 3.58. The van der Waals surface area contributed by atoms with Gasteiger partial charge in [0.1, 0.15) is 5.82 Å². The van der Waals surface area contributed by atoms with Gasteiger partial charge in [0, 0.05) is 6.04 Å². The highest BCUT2D eigenvalue weighted by atomic mass is 19.1. The monoisotopic (exact) mass is 211 g/mol. The molecule has 0 aliphatic rings. The molecule has 0 saturated carbocycles. The van der Waals surface area contributed by atoms with Crippen molar-refractivity contribution in [2.24, 2.45) is 0 Å². The predicted octanol–water partition coefficient (Wildman–Crippen LogP) is 2.19. The minimum Gasteiger partial charge on any atom is -0.469 e. The molecule has 4 heteroatoms. The number of halogens is 1. The lowest BCUT2D eigenvalue weighted by molar-refractivity contribution is -0.140. The number of hydrogen-bond donors (Lipinski definition) is 1. The number of carbonyl (C=O) groups excluding carboxylic acids is 1. The Morgan fingerprint density at radius 2 is 2.20 bits per heavy atom. The zero-order valence-corrected chi connectivity index (χ0v) is 8.79. The van der Waals surface area contributed by atoms with Crippen LogP contribution in [0.25, 0.3) is 0 Å². The zero-order valence-electron chi connectivity index (χ0n) is 8.79. The molecule has 1 N–H and O–H groups in total. The first-order valence-corrected chi connectivity index (χ1v) is 4.71. The van der Waals surface area contributed by atoms with Gasteiger partial charge in [-0.05, 0) is 19.1 Å². The number of anilines is 1. The predicted molar refractivity (Wildman–Crippen MR) is 56.1 cm³/mol. The van der Waals surface area contributed by atoms with Crippen molar-refractivity contribution in [3.63, 3.8) is 0 Å². The second-order valence-corrected chi connectivity index (χ2v) is 3.31. The van der Waals surface area contributed by atoms with E-state index in [-0.39, 0.29) is 24.2 Å². The molecule has 1 aromatic rings. The summed E-state index contributed by atoms with van der Waals surface area (Å²) in [7, 11) is 1.33. The van der Waals surface area contributed by atoms with Gasteiger partial charge in [0.15, 0.2) is 0 Å². The molecule has 1 aromatic carbocycles. The Morgan fingerprint density at radius 3 is 2.80 bits per heavy atom. The van der Waals surface area contributed by atoms with Crippen LogP contribution in [-0.2, 0) is 9.53 Å². The highest BCUT2D eigenvalue weighted by Gasteiger charge is 2.10. The van der Waals surface area contributed by atoms with Crippen LogP contribution in [0.2, 0.25) is 0 Å². The zero-order chi connectivity index (χ0) is 11.3. The summed E-state index contributed by atoms with van der Waals surface area (Å²) < 4.78 is 17.7. The highest BCUT2D eigenvalue weighted by Crippen LogP contribution is 2.14. The van der Waals surface area contributed by atoms with Crippen LogP contribution in [0.5, 0.6) is 0 Å². The fourth-order valence-electron chi connectivity index (χ4n) is 1.23. The molecule has 0 heterocycles. The fraction of sp³-hybridized carbons (Fsp3) is 0.364. The van der Waals surface area contributed by atoms with Gasteiger partial charge in [0.2, 0.25) is 0 Å². The Labute approximate surface area is 88.2 Å². The van der Waals surface area contributed by atoms with Gasteiger partial charge in [-0.1, -0.05) is 12.1 Å². The van der Waals surface area contributed by atoms with Crippen molar-refractivity contribution in [3.05, 3.63) is 30.1 Å². The third-order valence-electron chi connectivity index (χ3n) is 1.98. The smallest absolute Gasteiger partial charge is 0.307 e. The van der Waals surface area contributed by atoms with Crippen LogP contribution in [-0.4, -0.2) is 19.1 Å². The van der Waals surface area contributed by atoms with Gasteiger partial charge in [-0.25, -0.2) is 4.39 Å². The van der Waals surface area contributed by atoms with Crippen LogP contribution in [0, 0.1) is 5.82 Å². The number of methoxy groups -OCH3 is 1. The first kappa shape index (κ1) is 11.5. The minimum atomic E-state index is -0.325. The number of rotatable bonds is 4. The molecule has 0 bridgehead atoms. The molecular weight excluding hydrogens is 197 g/mol. The van der Waals surface area contributed by atoms with Crippen LogP contribution in [0.15, 0.2) is 24.3 Å². The fourth-order valence-corrected chi connectivity index (χ4v) is 1.23. The molecule has 0 aromatic heterocycles. The molecule has 1 unspecified atom stereocenters. The Balaban J connectivity index is 2.55. The summed E-state index contributed by atoms with van der Waals surface area (Å²) >= 11 is 0. The van der Waals surface area contributed by atoms with Gasteiger partial charge in [-0.15, -0.1) is 0 Å². The number of esters is 1. The third-order valence-corrected chi connectivity index (χ3v) is 1.98. The average Bonchev–Trinajstić information content (AvgIpc) is 2.21. The van der Waals surface area contributed by atoms with Crippen LogP contribution < -0.4 is 5.32 Å². The lowest BCUT2D eigenvalue weighted by Gasteiger charge is -2.14. The molecule has 82 valence electrons. The van der Waals surface area contributed by atoms with E-state index in [9.17, 15) is 9.18 Å². The highest BCUT2D eigenvalue weighted by molar-refractivity contribution is 5.70. The molecular formula is C11H14FNO2. The normalized spacial score (nSPS) is 11.9. The number of hydrogen-bond acceptors (Lipinski definition) is 3. The SMILES string of the molecule is COC(=O)CC(C)Nc1ccccc1F. The maximum absolute atomic E-state index is 13.2. The van der Waals surface area contributed by atoms with Crippen LogP contribution in [0.3, 0.4) is 0 Å². The van der Waals surface area contributed by atoms with Crippen LogP contribution >= 0.6 is 0 Å². The topological polar surface area (TPSA) is 38.3 Å². The van der Waals surface area contributed by atoms with E-state index in [1.54, 1.807) is 25.1 Å². The molecule has 0 amide bonds. The lowest BCUT2D eigenvalue weighted by Crippen LogP contribution is -2.20. The Morgan fingerprint density at radius 1 is 1.53 bits per heavy atom. The number of ether oxygens (including phenoxy) is 1. The molecule has 0 radical (unpaired) electrons. The quantitative estimate of drug-likeness (QED) is 0.776. The number of nitrogens with one attached hydrogen (secondary N) is 1. The molecule has 0 aliphatic carbocycles. The number of benzene rings is 1. The maximum atomic E-state index is 13.2. The Hall–Kier alpha value is -1.58. The molecule has 3 nitrogen and oxygen atoms in total. The van der Waals surface area contributed by atoms with E-state index in [0.29, 0.717) is 5.69 Å². The molecule has 1 atom stereocenters. The van der Waals surface area contributed by atoms with E-state index in [1.807, 2.05) is 0 Å². The summed E-state index contributed by atoms with van der Waals surface area (Å²) in [6.45, 7) is 1.80. The van der Waals surface area contributed by atoms with Gasteiger partial charge in [-0.3, -0.25) is 4.79 Å². The molecule has 15 heavy (non-hydrogen) atoms. The minimum absolute atomic E-state index is 0.158. The van der Waals surface area contributed by atoms with E-state index >= 15 is 0 Å². The van der Waals surface area contributed by atoms with Crippen molar-refractivity contribution in [2.75, 3.05) is 12.4 Å². The average molecular weight is 211 g/mol. The molecule has 0 aliphatic heterocycles. The van der Waals surface area contributed by atoms with Gasteiger partial charge < -0.3 is 10.1 Å². The number of carbonyl (C=O) groups is 1. The Bertz CT molecular complexity index is 341. The Kier molecular flexibility index (Phi) is 4.09. The van der Waals surface area contributed by atoms with Crippen molar-refractivity contribution in [2.45, 2.75) is 19.4 Å². The molecule has 1 rings (SSSR count). The van der Waals surface area contributed by atoms with Gasteiger partial charge in [0.05, 0.1) is 19.2 Å². The van der Waals surface area contributed by atoms with Crippen molar-refractivity contribution in [1.29, 1.82) is 0 Å². The summed E-state index contributed by atoms with van der Waals surface area (Å²) in [5, 5.41) is 2.90. The van der Waals surface area contributed by atoms with E-state index in [2.05, 4.69) is 10.1 Å². The summed E-state index contributed by atoms with van der Waals surface area (Å²) in [5.41, 5.74) is 0.397. The first-order chi connectivity index (χ1) is 7.13. The lowest BCUT2D eigenvalue weighted by atomic mass is 10.2. The molecule has 0 spiro atoms. The summed E-state index contributed by atoms with van der Waals surface area (Å²) in [6.07, 6.45) is 0.213. The summed E-state index contributed by atoms with van der Waals surface area (Å²) in [5.74, 6) is -0.638. The van der Waals surface area contributed by atoms with E-state index < -0.39 is 0 Å². The van der Waals surface area contributed by atoms with E-state index in [1.165, 1.54) is 13.2 Å². The van der Waals surface area contributed by atoms with Gasteiger partial charge in [-0.2, -0.15) is 0 Å². The second-order valence-electron chi connectivity index (χ2n) is 3.31. The van der Waals surface area contributed by atoms with Crippen LogP contribution in [0.4, 0.5) is 10.1 Å². The van der Waals surface area contributed by atoms with Gasteiger partial charge in [0.25, 0.3) is 0 Å². The van der Waals surface area contributed by atoms with Gasteiger partial charge >= 0.3 is 5.97 Å². The summed E-state index contributed by atoms with van der Waals surface area (Å²) in [4.78, 5) is 10.9. The number of para-hydroxylation sites is 1. The maximum Gasteiger partial charge on any atom is 0.307 e. The van der Waals surface area contributed by atoms with E-state index in [0.717, 1.165) is 0 Å². The summed E-state index contributed by atoms with van der Waals surface area (Å²) in [6, 6.07) is 6.19. The standard InChI is InChI=1S/C11H14FNO2/c1-8(7-11(14)15-2)13-10-6-4-3-5-9(10)12/h3-6,8,13H,7H2,1-2H3. The van der Waals surface area contributed by atoms with Crippen molar-refractivity contribution < 1.29 is 13.9 Å². The largest absolute Gasteiger partial charge is 0.469 e. The second kappa shape index (κ2) is 5.34. The molecule has 0 fully saturated rings. The molecule has 0 saturated heterocycles.